The highest BCUT2D eigenvalue weighted by Gasteiger charge is 2.70. The predicted octanol–water partition coefficient (Wildman–Crippen LogP) is -0.279. The van der Waals surface area contributed by atoms with Crippen LogP contribution in [0, 0.1) is 17.3 Å². The van der Waals surface area contributed by atoms with Gasteiger partial charge >= 0.3 is 5.97 Å². The molecule has 0 bridgehead atoms. The number of aliphatic hydroxyl groups is 5. The Morgan fingerprint density at radius 3 is 2.06 bits per heavy atom. The molecule has 0 saturated heterocycles. The van der Waals surface area contributed by atoms with E-state index in [1.54, 1.807) is 0 Å². The van der Waals surface area contributed by atoms with Crippen LogP contribution in [0.25, 0.3) is 0 Å². The van der Waals surface area contributed by atoms with E-state index in [1.807, 2.05) is 0 Å². The van der Waals surface area contributed by atoms with Crippen molar-refractivity contribution >= 4 is 0 Å². The Bertz CT molecular complexity index is 316. The maximum absolute atomic E-state index is 9.93. The summed E-state index contributed by atoms with van der Waals surface area (Å²) >= 11 is 0. The third-order valence-corrected chi connectivity index (χ3v) is 4.74. The highest BCUT2D eigenvalue weighted by atomic mass is 16.7. The zero-order valence-electron chi connectivity index (χ0n) is 10.4. The van der Waals surface area contributed by atoms with Gasteiger partial charge in [0.15, 0.2) is 0 Å². The largest absolute Gasteiger partial charge is 0.389 e. The van der Waals surface area contributed by atoms with Gasteiger partial charge < -0.3 is 25.5 Å². The lowest BCUT2D eigenvalue weighted by Crippen LogP contribution is -2.44. The Hall–Kier alpha value is -0.460. The number of aliphatic hydroxyl groups excluding tert-OH is 2. The summed E-state index contributed by atoms with van der Waals surface area (Å²) in [6, 6.07) is 0. The summed E-state index contributed by atoms with van der Waals surface area (Å²) in [5.74, 6) is -3.85. The Labute approximate surface area is 106 Å². The smallest absolute Gasteiger partial charge is 0.303 e. The molecular weight excluding hydrogens is 236 g/mol. The molecule has 5 N–H and O–H groups in total. The van der Waals surface area contributed by atoms with Crippen LogP contribution in [0.3, 0.4) is 0 Å². The molecule has 2 aliphatic rings. The van der Waals surface area contributed by atoms with E-state index in [-0.39, 0.29) is 11.3 Å². The molecule has 18 heavy (non-hydrogen) atoms. The third-order valence-electron chi connectivity index (χ3n) is 4.74. The molecule has 5 nitrogen and oxygen atoms in total. The normalized spacial score (nSPS) is 34.1. The summed E-state index contributed by atoms with van der Waals surface area (Å²) in [6.07, 6.45) is 3.74. The van der Waals surface area contributed by atoms with E-state index in [9.17, 15) is 10.2 Å². The summed E-state index contributed by atoms with van der Waals surface area (Å²) in [5.41, 5.74) is -0.287. The first kappa shape index (κ1) is 14.0. The van der Waals surface area contributed by atoms with Crippen LogP contribution >= 0.6 is 0 Å². The average molecular weight is 258 g/mol. The summed E-state index contributed by atoms with van der Waals surface area (Å²) in [6.45, 7) is 3.54. The van der Waals surface area contributed by atoms with Gasteiger partial charge in [-0.15, -0.1) is 6.58 Å². The van der Waals surface area contributed by atoms with Crippen LogP contribution in [-0.2, 0) is 0 Å². The van der Waals surface area contributed by atoms with Gasteiger partial charge in [0.25, 0.3) is 0 Å². The minimum atomic E-state index is -3.11. The van der Waals surface area contributed by atoms with E-state index in [2.05, 4.69) is 6.58 Å². The first-order valence-corrected chi connectivity index (χ1v) is 6.50. The van der Waals surface area contributed by atoms with Crippen molar-refractivity contribution in [3.63, 3.8) is 0 Å². The summed E-state index contributed by atoms with van der Waals surface area (Å²) in [5, 5.41) is 47.2. The van der Waals surface area contributed by atoms with Crippen molar-refractivity contribution in [3.8, 4) is 0 Å². The molecule has 0 unspecified atom stereocenters. The fraction of sp³-hybridized carbons (Fsp3) is 0.846. The second kappa shape index (κ2) is 4.58. The second-order valence-corrected chi connectivity index (χ2v) is 5.70. The lowest BCUT2D eigenvalue weighted by Gasteiger charge is -2.27. The van der Waals surface area contributed by atoms with Gasteiger partial charge in [-0.2, -0.15) is 0 Å². The maximum Gasteiger partial charge on any atom is 0.303 e. The zero-order valence-corrected chi connectivity index (χ0v) is 10.4. The molecule has 2 rings (SSSR count). The Balaban J connectivity index is 2.20. The van der Waals surface area contributed by atoms with Gasteiger partial charge in [0, 0.05) is 11.8 Å². The standard InChI is InChI=1S/C13H22O5/c1-2-8(14)9-10(11(15)13(16,17)18)12(9)6-4-3-5-7-12/h2,8-11,14-18H,1,3-7H2/t8-,9-,10-,11+/m0/s1. The monoisotopic (exact) mass is 258 g/mol. The van der Waals surface area contributed by atoms with Gasteiger partial charge in [0.05, 0.1) is 6.10 Å². The van der Waals surface area contributed by atoms with Crippen molar-refractivity contribution in [2.45, 2.75) is 50.3 Å². The molecule has 0 radical (unpaired) electrons. The molecule has 5 heteroatoms. The Kier molecular flexibility index (Phi) is 3.55. The summed E-state index contributed by atoms with van der Waals surface area (Å²) in [4.78, 5) is 0. The van der Waals surface area contributed by atoms with Crippen LogP contribution in [0.2, 0.25) is 0 Å². The lowest BCUT2D eigenvalue weighted by atomic mass is 9.81. The van der Waals surface area contributed by atoms with Crippen LogP contribution < -0.4 is 0 Å². The fourth-order valence-electron chi connectivity index (χ4n) is 3.88. The topological polar surface area (TPSA) is 101 Å². The molecule has 0 amide bonds. The zero-order chi connectivity index (χ0) is 13.6. The average Bonchev–Trinajstić information content (AvgIpc) is 2.94. The van der Waals surface area contributed by atoms with Gasteiger partial charge in [-0.05, 0) is 18.3 Å². The van der Waals surface area contributed by atoms with Gasteiger partial charge in [-0.1, -0.05) is 25.3 Å². The molecule has 0 aliphatic heterocycles. The van der Waals surface area contributed by atoms with Crippen molar-refractivity contribution in [2.75, 3.05) is 0 Å². The van der Waals surface area contributed by atoms with E-state index in [0.29, 0.717) is 0 Å². The van der Waals surface area contributed by atoms with Crippen molar-refractivity contribution < 1.29 is 25.5 Å². The molecule has 1 spiro atoms. The van der Waals surface area contributed by atoms with E-state index in [1.165, 1.54) is 6.08 Å². The molecule has 104 valence electrons. The van der Waals surface area contributed by atoms with Gasteiger partial charge in [-0.3, -0.25) is 0 Å². The van der Waals surface area contributed by atoms with Crippen molar-refractivity contribution in [3.05, 3.63) is 12.7 Å². The van der Waals surface area contributed by atoms with Crippen molar-refractivity contribution in [2.24, 2.45) is 17.3 Å². The van der Waals surface area contributed by atoms with Crippen LogP contribution in [-0.4, -0.2) is 43.7 Å². The molecular formula is C13H22O5. The molecule has 0 aromatic rings. The van der Waals surface area contributed by atoms with Crippen molar-refractivity contribution in [1.29, 1.82) is 0 Å². The molecule has 2 saturated carbocycles. The molecule has 4 atom stereocenters. The number of rotatable bonds is 4. The van der Waals surface area contributed by atoms with Crippen LogP contribution in [0.15, 0.2) is 12.7 Å². The molecule has 2 aliphatic carbocycles. The third kappa shape index (κ3) is 2.10. The lowest BCUT2D eigenvalue weighted by molar-refractivity contribution is -0.360. The molecule has 0 aromatic carbocycles. The SMILES string of the molecule is C=C[C@H](O)[C@H]1[C@@H]([C@@H](O)C(O)(O)O)C12CCCCC2. The first-order valence-electron chi connectivity index (χ1n) is 6.50. The molecule has 2 fully saturated rings. The Morgan fingerprint density at radius 2 is 1.61 bits per heavy atom. The summed E-state index contributed by atoms with van der Waals surface area (Å²) in [7, 11) is 0. The Morgan fingerprint density at radius 1 is 1.06 bits per heavy atom. The van der Waals surface area contributed by atoms with Gasteiger partial charge in [-0.25, -0.2) is 0 Å². The summed E-state index contributed by atoms with van der Waals surface area (Å²) < 4.78 is 0. The fourth-order valence-corrected chi connectivity index (χ4v) is 3.88. The highest BCUT2D eigenvalue weighted by molar-refractivity contribution is 5.18. The number of hydrogen-bond acceptors (Lipinski definition) is 5. The van der Waals surface area contributed by atoms with Crippen molar-refractivity contribution in [1.82, 2.24) is 0 Å². The minimum absolute atomic E-state index is 0.254. The number of hydrogen-bond donors (Lipinski definition) is 5. The van der Waals surface area contributed by atoms with Gasteiger partial charge in [0.2, 0.25) is 0 Å². The maximum atomic E-state index is 9.93. The second-order valence-electron chi connectivity index (χ2n) is 5.70. The quantitative estimate of drug-likeness (QED) is 0.353. The van der Waals surface area contributed by atoms with E-state index < -0.39 is 24.1 Å². The highest BCUT2D eigenvalue weighted by Crippen LogP contribution is 2.69. The first-order chi connectivity index (χ1) is 8.34. The van der Waals surface area contributed by atoms with E-state index >= 15 is 0 Å². The van der Waals surface area contributed by atoms with Crippen LogP contribution in [0.4, 0.5) is 0 Å². The molecule has 0 aromatic heterocycles. The van der Waals surface area contributed by atoms with E-state index in [4.69, 9.17) is 15.3 Å². The van der Waals surface area contributed by atoms with Crippen LogP contribution in [0.5, 0.6) is 0 Å². The van der Waals surface area contributed by atoms with E-state index in [0.717, 1.165) is 32.1 Å². The predicted molar refractivity (Wildman–Crippen MR) is 64.1 cm³/mol. The van der Waals surface area contributed by atoms with Crippen LogP contribution in [0.1, 0.15) is 32.1 Å². The van der Waals surface area contributed by atoms with Gasteiger partial charge in [0.1, 0.15) is 6.10 Å². The molecule has 0 heterocycles. The minimum Gasteiger partial charge on any atom is -0.389 e.